The molecule has 0 saturated carbocycles. The molecule has 5 heteroatoms. The van der Waals surface area contributed by atoms with Crippen molar-refractivity contribution in [3.63, 3.8) is 0 Å². The van der Waals surface area contributed by atoms with Crippen LogP contribution in [0.1, 0.15) is 25.3 Å². The molecule has 0 spiro atoms. The minimum absolute atomic E-state index is 0.560. The Balaban J connectivity index is 1.08. The molecule has 0 bridgehead atoms. The van der Waals surface area contributed by atoms with Gasteiger partial charge in [-0.3, -0.25) is 4.57 Å². The normalized spacial score (nSPS) is 11.6. The van der Waals surface area contributed by atoms with Crippen LogP contribution in [-0.2, 0) is 6.42 Å². The Morgan fingerprint density at radius 2 is 1.05 bits per heavy atom. The minimum Gasteiger partial charge on any atom is -0.455 e. The quantitative estimate of drug-likeness (QED) is 0.147. The van der Waals surface area contributed by atoms with E-state index in [1.165, 1.54) is 18.4 Å². The zero-order valence-corrected chi connectivity index (χ0v) is 33.2. The number of hydrogen-bond acceptors (Lipinski definition) is 4. The van der Waals surface area contributed by atoms with Crippen molar-refractivity contribution < 1.29 is 4.42 Å². The maximum absolute atomic E-state index is 6.68. The Labute approximate surface area is 348 Å². The number of nitrogens with zero attached hydrogens (tertiary/aromatic N) is 4. The Bertz CT molecular complexity index is 3350. The third-order valence-electron chi connectivity index (χ3n) is 11.7. The Morgan fingerprint density at radius 3 is 1.85 bits per heavy atom. The molecule has 0 N–H and O–H groups in total. The fraction of sp³-hybridized carbons (Fsp3) is 0.0727. The second kappa shape index (κ2) is 14.9. The van der Waals surface area contributed by atoms with Gasteiger partial charge in [-0.05, 0) is 76.6 Å². The molecular weight excluding hydrogens is 733 g/mol. The number of hydrogen-bond donors (Lipinski definition) is 0. The lowest BCUT2D eigenvalue weighted by atomic mass is 10.00. The van der Waals surface area contributed by atoms with Gasteiger partial charge >= 0.3 is 0 Å². The third-order valence-corrected chi connectivity index (χ3v) is 11.7. The van der Waals surface area contributed by atoms with Gasteiger partial charge < -0.3 is 4.42 Å². The first-order valence-corrected chi connectivity index (χ1v) is 20.7. The molecule has 0 radical (unpaired) electrons. The van der Waals surface area contributed by atoms with Gasteiger partial charge in [0.15, 0.2) is 11.6 Å². The van der Waals surface area contributed by atoms with Crippen molar-refractivity contribution in [3.05, 3.63) is 194 Å². The second-order valence-electron chi connectivity index (χ2n) is 15.5. The van der Waals surface area contributed by atoms with Crippen molar-refractivity contribution in [2.24, 2.45) is 0 Å². The Hall–Kier alpha value is -7.63. The number of fused-ring (bicyclic) bond motifs is 6. The topological polar surface area (TPSA) is 56.7 Å². The number of para-hydroxylation sites is 2. The molecule has 8 aromatic carbocycles. The third kappa shape index (κ3) is 6.32. The standard InChI is InChI=1S/C55H40N4O/c1-2-3-14-36-25-31-46-47-23-13-22-44(52(47)60-51(46)33-36)42-30-32-50-48(35-42)45-21-10-11-24-49(45)59(50)55-57-53(40-28-26-39(27-29-40)37-15-6-4-7-16-37)56-54(58-55)43-20-12-19-41(34-43)38-17-8-5-9-18-38/h4-13,15-35H,2-3,14H2,1H3. The first kappa shape index (κ1) is 35.5. The molecule has 0 atom stereocenters. The van der Waals surface area contributed by atoms with E-state index < -0.39 is 0 Å². The number of furan rings is 1. The maximum Gasteiger partial charge on any atom is 0.238 e. The molecule has 60 heavy (non-hydrogen) atoms. The summed E-state index contributed by atoms with van der Waals surface area (Å²) in [5.74, 6) is 1.78. The molecule has 11 aromatic rings. The van der Waals surface area contributed by atoms with E-state index >= 15 is 0 Å². The van der Waals surface area contributed by atoms with Crippen LogP contribution in [0, 0.1) is 0 Å². The smallest absolute Gasteiger partial charge is 0.238 e. The molecule has 0 saturated heterocycles. The molecule has 11 rings (SSSR count). The van der Waals surface area contributed by atoms with Crippen LogP contribution in [0.25, 0.3) is 106 Å². The summed E-state index contributed by atoms with van der Waals surface area (Å²) in [5, 5.41) is 4.51. The number of aromatic nitrogens is 4. The van der Waals surface area contributed by atoms with Gasteiger partial charge in [-0.1, -0.05) is 171 Å². The summed E-state index contributed by atoms with van der Waals surface area (Å²) in [5.41, 5.74) is 13.7. The van der Waals surface area contributed by atoms with Crippen LogP contribution >= 0.6 is 0 Å². The van der Waals surface area contributed by atoms with E-state index in [2.05, 4.69) is 187 Å². The predicted molar refractivity (Wildman–Crippen MR) is 247 cm³/mol. The van der Waals surface area contributed by atoms with Crippen molar-refractivity contribution in [2.75, 3.05) is 0 Å². The highest BCUT2D eigenvalue weighted by atomic mass is 16.3. The van der Waals surface area contributed by atoms with Gasteiger partial charge in [-0.15, -0.1) is 0 Å². The molecule has 0 fully saturated rings. The maximum atomic E-state index is 6.68. The van der Waals surface area contributed by atoms with Crippen molar-refractivity contribution in [2.45, 2.75) is 26.2 Å². The lowest BCUT2D eigenvalue weighted by Crippen LogP contribution is -2.06. The molecule has 286 valence electrons. The van der Waals surface area contributed by atoms with Crippen molar-refractivity contribution >= 4 is 43.7 Å². The molecule has 0 aliphatic rings. The SMILES string of the molecule is CCCCc1ccc2c(c1)oc1c(-c3ccc4c(c3)c3ccccc3n4-c3nc(-c4ccc(-c5ccccc5)cc4)nc(-c4cccc(-c5ccccc5)c4)n3)cccc12. The zero-order valence-electron chi connectivity index (χ0n) is 33.2. The molecule has 5 nitrogen and oxygen atoms in total. The van der Waals surface area contributed by atoms with E-state index in [1.54, 1.807) is 0 Å². The van der Waals surface area contributed by atoms with E-state index in [9.17, 15) is 0 Å². The van der Waals surface area contributed by atoms with Gasteiger partial charge in [-0.25, -0.2) is 4.98 Å². The zero-order chi connectivity index (χ0) is 40.0. The van der Waals surface area contributed by atoms with Gasteiger partial charge in [-0.2, -0.15) is 9.97 Å². The van der Waals surface area contributed by atoms with E-state index in [1.807, 2.05) is 12.1 Å². The van der Waals surface area contributed by atoms with Gasteiger partial charge in [0.25, 0.3) is 0 Å². The fourth-order valence-corrected chi connectivity index (χ4v) is 8.60. The first-order chi connectivity index (χ1) is 29.7. The lowest BCUT2D eigenvalue weighted by molar-refractivity contribution is 0.668. The Kier molecular flexibility index (Phi) is 8.85. The highest BCUT2D eigenvalue weighted by Crippen LogP contribution is 2.40. The summed E-state index contributed by atoms with van der Waals surface area (Å²) in [6.45, 7) is 2.23. The van der Waals surface area contributed by atoms with Crippen molar-refractivity contribution in [1.29, 1.82) is 0 Å². The van der Waals surface area contributed by atoms with Crippen LogP contribution in [0.3, 0.4) is 0 Å². The number of rotatable bonds is 9. The predicted octanol–water partition coefficient (Wildman–Crippen LogP) is 14.5. The van der Waals surface area contributed by atoms with E-state index in [0.29, 0.717) is 17.6 Å². The average Bonchev–Trinajstić information content (AvgIpc) is 3.86. The molecular formula is C55H40N4O. The highest BCUT2D eigenvalue weighted by Gasteiger charge is 2.20. The molecule has 0 unspecified atom stereocenters. The molecule has 3 heterocycles. The van der Waals surface area contributed by atoms with Crippen molar-refractivity contribution in [1.82, 2.24) is 19.5 Å². The molecule has 0 aliphatic heterocycles. The largest absolute Gasteiger partial charge is 0.455 e. The van der Waals surface area contributed by atoms with E-state index in [-0.39, 0.29) is 0 Å². The van der Waals surface area contributed by atoms with Crippen LogP contribution in [0.5, 0.6) is 0 Å². The van der Waals surface area contributed by atoms with E-state index in [0.717, 1.165) is 94.7 Å². The fourth-order valence-electron chi connectivity index (χ4n) is 8.60. The second-order valence-corrected chi connectivity index (χ2v) is 15.5. The van der Waals surface area contributed by atoms with Crippen LogP contribution in [0.15, 0.2) is 192 Å². The van der Waals surface area contributed by atoms with Gasteiger partial charge in [0.1, 0.15) is 11.2 Å². The average molecular weight is 773 g/mol. The van der Waals surface area contributed by atoms with Crippen LogP contribution in [0.2, 0.25) is 0 Å². The van der Waals surface area contributed by atoms with Crippen LogP contribution < -0.4 is 0 Å². The van der Waals surface area contributed by atoms with Crippen LogP contribution in [-0.4, -0.2) is 19.5 Å². The molecule has 0 amide bonds. The lowest BCUT2D eigenvalue weighted by Gasteiger charge is -2.12. The first-order valence-electron chi connectivity index (χ1n) is 20.7. The van der Waals surface area contributed by atoms with E-state index in [4.69, 9.17) is 19.4 Å². The summed E-state index contributed by atoms with van der Waals surface area (Å²) in [6, 6.07) is 66.2. The van der Waals surface area contributed by atoms with Gasteiger partial charge in [0.05, 0.1) is 11.0 Å². The summed E-state index contributed by atoms with van der Waals surface area (Å²) in [4.78, 5) is 15.7. The highest BCUT2D eigenvalue weighted by molar-refractivity contribution is 6.13. The number of aryl methyl sites for hydroxylation is 1. The summed E-state index contributed by atoms with van der Waals surface area (Å²) >= 11 is 0. The monoisotopic (exact) mass is 772 g/mol. The van der Waals surface area contributed by atoms with Crippen molar-refractivity contribution in [3.8, 4) is 62.1 Å². The number of benzene rings is 8. The Morgan fingerprint density at radius 1 is 0.433 bits per heavy atom. The summed E-state index contributed by atoms with van der Waals surface area (Å²) in [6.07, 6.45) is 3.39. The summed E-state index contributed by atoms with van der Waals surface area (Å²) < 4.78 is 8.86. The van der Waals surface area contributed by atoms with Gasteiger partial charge in [0.2, 0.25) is 5.95 Å². The van der Waals surface area contributed by atoms with Crippen LogP contribution in [0.4, 0.5) is 0 Å². The van der Waals surface area contributed by atoms with Gasteiger partial charge in [0, 0.05) is 38.2 Å². The minimum atomic E-state index is 0.560. The number of unbranched alkanes of at least 4 members (excludes halogenated alkanes) is 1. The molecule has 0 aliphatic carbocycles. The molecule has 3 aromatic heterocycles. The summed E-state index contributed by atoms with van der Waals surface area (Å²) in [7, 11) is 0.